The van der Waals surface area contributed by atoms with Crippen LogP contribution >= 0.6 is 0 Å². The van der Waals surface area contributed by atoms with Gasteiger partial charge in [0, 0.05) is 0 Å². The number of hydrogen-bond donors (Lipinski definition) is 0. The van der Waals surface area contributed by atoms with E-state index in [4.69, 9.17) is 9.47 Å². The van der Waals surface area contributed by atoms with Crippen LogP contribution in [0.1, 0.15) is 52.7 Å². The highest BCUT2D eigenvalue weighted by molar-refractivity contribution is 5.76. The maximum atomic E-state index is 12.1. The number of carbonyl (C=O) groups excluding carboxylic acids is 2. The summed E-state index contributed by atoms with van der Waals surface area (Å²) < 4.78 is 11.0. The molecule has 28 heavy (non-hydrogen) atoms. The third kappa shape index (κ3) is 5.95. The van der Waals surface area contributed by atoms with Crippen LogP contribution in [0.4, 0.5) is 0 Å². The summed E-state index contributed by atoms with van der Waals surface area (Å²) in [6.45, 7) is 11.4. The fourth-order valence-electron chi connectivity index (χ4n) is 2.45. The third-order valence-corrected chi connectivity index (χ3v) is 4.21. The van der Waals surface area contributed by atoms with Crippen molar-refractivity contribution >= 4 is 11.9 Å². The average molecular weight is 383 g/mol. The van der Waals surface area contributed by atoms with Crippen LogP contribution in [-0.4, -0.2) is 11.9 Å². The van der Waals surface area contributed by atoms with Gasteiger partial charge in [-0.1, -0.05) is 42.5 Å². The molecule has 0 aromatic heterocycles. The summed E-state index contributed by atoms with van der Waals surface area (Å²) in [5.41, 5.74) is 2.70. The fraction of sp³-hybridized carbons (Fsp3) is 0.417. The number of carbonyl (C=O) groups is 2. The molecule has 4 nitrogen and oxygen atoms in total. The number of ether oxygens (including phenoxy) is 2. The standard InChI is InChI=1S/C24H30O4/c1-23(2,3)21(25)27-15-17-12-13-19(16-28-22(26)24(4,5)6)20(14-17)18-10-8-7-9-11-18/h7-14H,15-16H2,1-6H3. The van der Waals surface area contributed by atoms with Gasteiger partial charge >= 0.3 is 11.9 Å². The SMILES string of the molecule is CC(C)(C)C(=O)OCc1ccc(COC(=O)C(C)(C)C)c(-c2ccccc2)c1. The van der Waals surface area contributed by atoms with Gasteiger partial charge in [0.15, 0.2) is 0 Å². The van der Waals surface area contributed by atoms with Crippen LogP contribution in [0.15, 0.2) is 48.5 Å². The van der Waals surface area contributed by atoms with Crippen molar-refractivity contribution in [2.24, 2.45) is 10.8 Å². The second-order valence-electron chi connectivity index (χ2n) is 9.01. The Balaban J connectivity index is 2.26. The summed E-state index contributed by atoms with van der Waals surface area (Å²) in [6, 6.07) is 15.7. The van der Waals surface area contributed by atoms with E-state index in [1.807, 2.05) is 90.1 Å². The topological polar surface area (TPSA) is 52.6 Å². The van der Waals surface area contributed by atoms with Crippen LogP contribution in [0.5, 0.6) is 0 Å². The number of rotatable bonds is 5. The first kappa shape index (κ1) is 21.7. The lowest BCUT2D eigenvalue weighted by Crippen LogP contribution is -2.23. The maximum absolute atomic E-state index is 12.1. The predicted octanol–water partition coefficient (Wildman–Crippen LogP) is 5.53. The van der Waals surface area contributed by atoms with Crippen LogP contribution in [0.3, 0.4) is 0 Å². The number of esters is 2. The van der Waals surface area contributed by atoms with Crippen molar-refractivity contribution in [2.45, 2.75) is 54.8 Å². The molecule has 0 aliphatic heterocycles. The normalized spacial score (nSPS) is 11.8. The van der Waals surface area contributed by atoms with E-state index in [0.29, 0.717) is 0 Å². The lowest BCUT2D eigenvalue weighted by atomic mass is 9.96. The van der Waals surface area contributed by atoms with Gasteiger partial charge in [-0.3, -0.25) is 9.59 Å². The van der Waals surface area contributed by atoms with Crippen LogP contribution < -0.4 is 0 Å². The van der Waals surface area contributed by atoms with Crippen LogP contribution in [0.25, 0.3) is 11.1 Å². The molecule has 0 radical (unpaired) electrons. The van der Waals surface area contributed by atoms with Gasteiger partial charge in [0.25, 0.3) is 0 Å². The van der Waals surface area contributed by atoms with Gasteiger partial charge < -0.3 is 9.47 Å². The van der Waals surface area contributed by atoms with Gasteiger partial charge in [-0.25, -0.2) is 0 Å². The lowest BCUT2D eigenvalue weighted by Gasteiger charge is -2.19. The quantitative estimate of drug-likeness (QED) is 0.638. The Labute approximate surface area is 167 Å². The Hall–Kier alpha value is -2.62. The van der Waals surface area contributed by atoms with Gasteiger partial charge in [0.05, 0.1) is 10.8 Å². The molecule has 0 saturated heterocycles. The molecule has 0 fully saturated rings. The molecular formula is C24H30O4. The number of benzene rings is 2. The molecule has 0 heterocycles. The molecule has 0 amide bonds. The summed E-state index contributed by atoms with van der Waals surface area (Å²) in [6.07, 6.45) is 0. The molecule has 2 aromatic carbocycles. The summed E-state index contributed by atoms with van der Waals surface area (Å²) in [5.74, 6) is -0.480. The molecule has 0 N–H and O–H groups in total. The zero-order valence-corrected chi connectivity index (χ0v) is 17.7. The molecule has 4 heteroatoms. The zero-order chi connectivity index (χ0) is 20.9. The van der Waals surface area contributed by atoms with E-state index in [9.17, 15) is 9.59 Å². The fourth-order valence-corrected chi connectivity index (χ4v) is 2.45. The minimum Gasteiger partial charge on any atom is -0.460 e. The second-order valence-corrected chi connectivity index (χ2v) is 9.01. The molecule has 0 spiro atoms. The van der Waals surface area contributed by atoms with Crippen molar-refractivity contribution in [1.29, 1.82) is 0 Å². The highest BCUT2D eigenvalue weighted by atomic mass is 16.5. The van der Waals surface area contributed by atoms with E-state index in [1.54, 1.807) is 0 Å². The second kappa shape index (κ2) is 8.59. The smallest absolute Gasteiger partial charge is 0.311 e. The third-order valence-electron chi connectivity index (χ3n) is 4.21. The van der Waals surface area contributed by atoms with E-state index < -0.39 is 10.8 Å². The van der Waals surface area contributed by atoms with Crippen molar-refractivity contribution in [1.82, 2.24) is 0 Å². The predicted molar refractivity (Wildman–Crippen MR) is 110 cm³/mol. The highest BCUT2D eigenvalue weighted by Gasteiger charge is 2.24. The molecule has 2 rings (SSSR count). The van der Waals surface area contributed by atoms with Gasteiger partial charge in [-0.15, -0.1) is 0 Å². The molecule has 0 unspecified atom stereocenters. The Kier molecular flexibility index (Phi) is 6.65. The van der Waals surface area contributed by atoms with Gasteiger partial charge in [0.2, 0.25) is 0 Å². The van der Waals surface area contributed by atoms with Crippen LogP contribution in [0.2, 0.25) is 0 Å². The zero-order valence-electron chi connectivity index (χ0n) is 17.7. The van der Waals surface area contributed by atoms with E-state index >= 15 is 0 Å². The highest BCUT2D eigenvalue weighted by Crippen LogP contribution is 2.27. The molecule has 0 bridgehead atoms. The van der Waals surface area contributed by atoms with E-state index in [1.165, 1.54) is 0 Å². The van der Waals surface area contributed by atoms with Crippen molar-refractivity contribution in [3.05, 3.63) is 59.7 Å². The first-order valence-corrected chi connectivity index (χ1v) is 9.50. The van der Waals surface area contributed by atoms with Crippen LogP contribution in [0, 0.1) is 10.8 Å². The minimum absolute atomic E-state index is 0.197. The summed E-state index contributed by atoms with van der Waals surface area (Å²) in [4.78, 5) is 24.2. The van der Waals surface area contributed by atoms with Gasteiger partial charge in [-0.05, 0) is 69.9 Å². The molecule has 150 valence electrons. The molecular weight excluding hydrogens is 352 g/mol. The Morgan fingerprint density at radius 1 is 0.750 bits per heavy atom. The summed E-state index contributed by atoms with van der Waals surface area (Å²) >= 11 is 0. The first-order valence-electron chi connectivity index (χ1n) is 9.50. The average Bonchev–Trinajstić information content (AvgIpc) is 2.63. The molecule has 2 aromatic rings. The Morgan fingerprint density at radius 3 is 1.82 bits per heavy atom. The van der Waals surface area contributed by atoms with Crippen LogP contribution in [-0.2, 0) is 32.3 Å². The summed E-state index contributed by atoms with van der Waals surface area (Å²) in [7, 11) is 0. The van der Waals surface area contributed by atoms with Gasteiger partial charge in [0.1, 0.15) is 13.2 Å². The van der Waals surface area contributed by atoms with E-state index in [0.717, 1.165) is 22.3 Å². The van der Waals surface area contributed by atoms with Crippen molar-refractivity contribution in [3.8, 4) is 11.1 Å². The minimum atomic E-state index is -0.548. The monoisotopic (exact) mass is 382 g/mol. The van der Waals surface area contributed by atoms with Gasteiger partial charge in [-0.2, -0.15) is 0 Å². The molecule has 0 atom stereocenters. The van der Waals surface area contributed by atoms with Crippen molar-refractivity contribution in [3.63, 3.8) is 0 Å². The van der Waals surface area contributed by atoms with Crippen molar-refractivity contribution < 1.29 is 19.1 Å². The van der Waals surface area contributed by atoms with E-state index in [2.05, 4.69) is 0 Å². The molecule has 0 aliphatic carbocycles. The first-order chi connectivity index (χ1) is 13.0. The maximum Gasteiger partial charge on any atom is 0.311 e. The largest absolute Gasteiger partial charge is 0.460 e. The molecule has 0 aliphatic rings. The lowest BCUT2D eigenvalue weighted by molar-refractivity contribution is -0.155. The summed E-state index contributed by atoms with van der Waals surface area (Å²) in [5, 5.41) is 0. The van der Waals surface area contributed by atoms with Crippen molar-refractivity contribution in [2.75, 3.05) is 0 Å². The Morgan fingerprint density at radius 2 is 1.29 bits per heavy atom. The Bertz CT molecular complexity index is 824. The number of hydrogen-bond acceptors (Lipinski definition) is 4. The van der Waals surface area contributed by atoms with E-state index in [-0.39, 0.29) is 25.2 Å². The molecule has 0 saturated carbocycles.